The summed E-state index contributed by atoms with van der Waals surface area (Å²) in [5.41, 5.74) is 1.53. The lowest BCUT2D eigenvalue weighted by Crippen LogP contribution is -2.19. The molecule has 7 heteroatoms. The van der Waals surface area contributed by atoms with Crippen LogP contribution < -0.4 is 5.32 Å². The maximum absolute atomic E-state index is 13.0. The van der Waals surface area contributed by atoms with Gasteiger partial charge in [-0.25, -0.2) is 4.68 Å². The molecule has 1 atom stereocenters. The molecule has 1 aliphatic carbocycles. The Labute approximate surface area is 160 Å². The van der Waals surface area contributed by atoms with Gasteiger partial charge in [-0.05, 0) is 42.7 Å². The third-order valence-electron chi connectivity index (χ3n) is 4.79. The maximum atomic E-state index is 13.0. The van der Waals surface area contributed by atoms with Gasteiger partial charge in [0.25, 0.3) is 0 Å². The van der Waals surface area contributed by atoms with E-state index >= 15 is 0 Å². The van der Waals surface area contributed by atoms with Crippen LogP contribution in [0.1, 0.15) is 35.0 Å². The van der Waals surface area contributed by atoms with Gasteiger partial charge < -0.3 is 5.32 Å². The van der Waals surface area contributed by atoms with Crippen LogP contribution in [0.2, 0.25) is 0 Å². The van der Waals surface area contributed by atoms with Crippen LogP contribution >= 0.6 is 0 Å². The van der Waals surface area contributed by atoms with E-state index in [1.165, 1.54) is 12.1 Å². The molecule has 0 spiro atoms. The van der Waals surface area contributed by atoms with Crippen molar-refractivity contribution in [2.24, 2.45) is 5.92 Å². The van der Waals surface area contributed by atoms with Gasteiger partial charge in [-0.2, -0.15) is 13.2 Å². The molecule has 1 N–H and O–H groups in total. The second kappa shape index (κ2) is 6.82. The summed E-state index contributed by atoms with van der Waals surface area (Å²) in [6.07, 6.45) is -3.37. The van der Waals surface area contributed by atoms with Crippen molar-refractivity contribution in [3.8, 4) is 5.69 Å². The number of nitrogens with zero attached hydrogens (tertiary/aromatic N) is 2. The molecule has 0 amide bonds. The summed E-state index contributed by atoms with van der Waals surface area (Å²) in [5.74, 6) is 0.418. The highest BCUT2D eigenvalue weighted by atomic mass is 19.4. The van der Waals surface area contributed by atoms with Crippen LogP contribution in [0.15, 0.2) is 54.6 Å². The molecule has 1 heterocycles. The number of alkyl halides is 3. The molecule has 0 unspecified atom stereocenters. The molecule has 4 rings (SSSR count). The number of carbonyl (C=O) groups excluding carboxylic acids is 1. The highest BCUT2D eigenvalue weighted by Gasteiger charge is 2.32. The van der Waals surface area contributed by atoms with E-state index < -0.39 is 11.7 Å². The number of rotatable bonds is 3. The monoisotopic (exact) mass is 385 g/mol. The molecule has 2 aromatic carbocycles. The standard InChI is InChI=1S/C21H18F3N3O/c1-13-10-17-19(18(28)11-13)20(26-27(17)16-8-3-2-4-9-16)25-15-7-5-6-14(12-15)21(22,23)24/h2-9,12-13H,10-11H2,1H3,(H,25,26)/t13-/m1/s1. The van der Waals surface area contributed by atoms with Crippen molar-refractivity contribution in [2.45, 2.75) is 25.9 Å². The van der Waals surface area contributed by atoms with E-state index in [-0.39, 0.29) is 23.2 Å². The van der Waals surface area contributed by atoms with Gasteiger partial charge in [0.15, 0.2) is 11.6 Å². The Kier molecular flexibility index (Phi) is 4.45. The number of benzene rings is 2. The Hall–Kier alpha value is -3.09. The molecule has 28 heavy (non-hydrogen) atoms. The molecule has 0 radical (unpaired) electrons. The molecule has 0 fully saturated rings. The molecule has 1 aliphatic rings. The van der Waals surface area contributed by atoms with Crippen LogP contribution in [0.4, 0.5) is 24.7 Å². The van der Waals surface area contributed by atoms with Gasteiger partial charge >= 0.3 is 6.18 Å². The normalized spacial score (nSPS) is 16.7. The number of halogens is 3. The van der Waals surface area contributed by atoms with Gasteiger partial charge in [0.05, 0.1) is 22.5 Å². The zero-order valence-electron chi connectivity index (χ0n) is 15.1. The molecule has 0 saturated heterocycles. The van der Waals surface area contributed by atoms with Gasteiger partial charge in [0, 0.05) is 12.1 Å². The molecular formula is C21H18F3N3O. The van der Waals surface area contributed by atoms with E-state index in [4.69, 9.17) is 0 Å². The number of carbonyl (C=O) groups is 1. The summed E-state index contributed by atoms with van der Waals surface area (Å²) >= 11 is 0. The Bertz CT molecular complexity index is 1030. The van der Waals surface area contributed by atoms with E-state index in [0.717, 1.165) is 23.5 Å². The van der Waals surface area contributed by atoms with Crippen LogP contribution in [-0.4, -0.2) is 15.6 Å². The number of fused-ring (bicyclic) bond motifs is 1. The molecule has 144 valence electrons. The van der Waals surface area contributed by atoms with Crippen molar-refractivity contribution < 1.29 is 18.0 Å². The molecule has 0 aliphatic heterocycles. The highest BCUT2D eigenvalue weighted by molar-refractivity contribution is 6.03. The first-order chi connectivity index (χ1) is 13.3. The molecule has 1 aromatic heterocycles. The number of para-hydroxylation sites is 1. The zero-order valence-corrected chi connectivity index (χ0v) is 15.1. The highest BCUT2D eigenvalue weighted by Crippen LogP contribution is 2.35. The van der Waals surface area contributed by atoms with E-state index in [1.807, 2.05) is 37.3 Å². The van der Waals surface area contributed by atoms with Crippen LogP contribution in [0.3, 0.4) is 0 Å². The first-order valence-electron chi connectivity index (χ1n) is 8.97. The van der Waals surface area contributed by atoms with Gasteiger partial charge in [-0.3, -0.25) is 4.79 Å². The summed E-state index contributed by atoms with van der Waals surface area (Å²) in [6.45, 7) is 2.00. The number of aromatic nitrogens is 2. The van der Waals surface area contributed by atoms with Crippen molar-refractivity contribution in [3.63, 3.8) is 0 Å². The van der Waals surface area contributed by atoms with E-state index in [9.17, 15) is 18.0 Å². The number of Topliss-reactive ketones (excluding diaryl/α,β-unsaturated/α-hetero) is 1. The average Bonchev–Trinajstić information content (AvgIpc) is 3.00. The Balaban J connectivity index is 1.79. The topological polar surface area (TPSA) is 46.9 Å². The van der Waals surface area contributed by atoms with Gasteiger partial charge in [0.1, 0.15) is 0 Å². The van der Waals surface area contributed by atoms with E-state index in [2.05, 4.69) is 10.4 Å². The lowest BCUT2D eigenvalue weighted by molar-refractivity contribution is -0.137. The maximum Gasteiger partial charge on any atom is 0.416 e. The zero-order chi connectivity index (χ0) is 19.9. The first-order valence-corrected chi connectivity index (χ1v) is 8.97. The van der Waals surface area contributed by atoms with E-state index in [1.54, 1.807) is 4.68 Å². The fourth-order valence-corrected chi connectivity index (χ4v) is 3.54. The molecule has 0 saturated carbocycles. The number of hydrogen-bond acceptors (Lipinski definition) is 3. The smallest absolute Gasteiger partial charge is 0.338 e. The van der Waals surface area contributed by atoms with Gasteiger partial charge in [-0.1, -0.05) is 31.2 Å². The SMILES string of the molecule is C[C@H]1CC(=O)c2c(Nc3cccc(C(F)(F)F)c3)nn(-c3ccccc3)c2C1. The quantitative estimate of drug-likeness (QED) is 0.657. The lowest BCUT2D eigenvalue weighted by atomic mass is 9.87. The number of ketones is 1. The third kappa shape index (κ3) is 3.40. The summed E-state index contributed by atoms with van der Waals surface area (Å²) < 4.78 is 40.7. The molecule has 3 aromatic rings. The van der Waals surface area contributed by atoms with Gasteiger partial charge in [0.2, 0.25) is 0 Å². The Morgan fingerprint density at radius 3 is 2.54 bits per heavy atom. The van der Waals surface area contributed by atoms with Crippen molar-refractivity contribution in [1.82, 2.24) is 9.78 Å². The summed E-state index contributed by atoms with van der Waals surface area (Å²) in [7, 11) is 0. The predicted octanol–water partition coefficient (Wildman–Crippen LogP) is 5.40. The van der Waals surface area contributed by atoms with Crippen molar-refractivity contribution in [2.75, 3.05) is 5.32 Å². The van der Waals surface area contributed by atoms with Crippen LogP contribution in [-0.2, 0) is 12.6 Å². The number of anilines is 2. The van der Waals surface area contributed by atoms with Gasteiger partial charge in [-0.15, -0.1) is 5.10 Å². The average molecular weight is 385 g/mol. The number of nitrogens with one attached hydrogen (secondary N) is 1. The minimum atomic E-state index is -4.44. The van der Waals surface area contributed by atoms with Crippen LogP contribution in [0.25, 0.3) is 5.69 Å². The van der Waals surface area contributed by atoms with Crippen molar-refractivity contribution in [3.05, 3.63) is 71.4 Å². The third-order valence-corrected chi connectivity index (χ3v) is 4.79. The lowest BCUT2D eigenvalue weighted by Gasteiger charge is -2.19. The van der Waals surface area contributed by atoms with Crippen molar-refractivity contribution in [1.29, 1.82) is 0 Å². The van der Waals surface area contributed by atoms with Crippen LogP contribution in [0, 0.1) is 5.92 Å². The Morgan fingerprint density at radius 2 is 1.82 bits per heavy atom. The summed E-state index contributed by atoms with van der Waals surface area (Å²) in [5, 5.41) is 7.46. The van der Waals surface area contributed by atoms with Crippen molar-refractivity contribution >= 4 is 17.3 Å². The summed E-state index contributed by atoms with van der Waals surface area (Å²) in [6, 6.07) is 14.3. The minimum Gasteiger partial charge on any atom is -0.338 e. The van der Waals surface area contributed by atoms with E-state index in [0.29, 0.717) is 18.4 Å². The molecular weight excluding hydrogens is 367 g/mol. The number of hydrogen-bond donors (Lipinski definition) is 1. The summed E-state index contributed by atoms with van der Waals surface area (Å²) in [4.78, 5) is 12.7. The molecule has 4 nitrogen and oxygen atoms in total. The minimum absolute atomic E-state index is 0.0505. The largest absolute Gasteiger partial charge is 0.416 e. The second-order valence-electron chi connectivity index (χ2n) is 7.06. The van der Waals surface area contributed by atoms with Crippen LogP contribution in [0.5, 0.6) is 0 Å². The predicted molar refractivity (Wildman–Crippen MR) is 100 cm³/mol. The first kappa shape index (κ1) is 18.3. The fraction of sp³-hybridized carbons (Fsp3) is 0.238. The Morgan fingerprint density at radius 1 is 1.07 bits per heavy atom. The second-order valence-corrected chi connectivity index (χ2v) is 7.06. The molecule has 0 bridgehead atoms. The fourth-order valence-electron chi connectivity index (χ4n) is 3.54.